The third-order valence-electron chi connectivity index (χ3n) is 3.22. The average Bonchev–Trinajstić information content (AvgIpc) is 2.77. The normalized spacial score (nSPS) is 20.7. The molecule has 0 saturated carbocycles. The summed E-state index contributed by atoms with van der Waals surface area (Å²) in [7, 11) is -3.40. The number of halogens is 1. The maximum Gasteiger partial charge on any atom is 0.244 e. The van der Waals surface area contributed by atoms with Crippen LogP contribution in [-0.4, -0.2) is 32.4 Å². The van der Waals surface area contributed by atoms with Crippen LogP contribution in [0.3, 0.4) is 0 Å². The smallest absolute Gasteiger partial charge is 0.244 e. The predicted octanol–water partition coefficient (Wildman–Crippen LogP) is 2.88. The Morgan fingerprint density at radius 2 is 2.21 bits per heavy atom. The van der Waals surface area contributed by atoms with Crippen molar-refractivity contribution >= 4 is 26.0 Å². The van der Waals surface area contributed by atoms with Gasteiger partial charge in [-0.3, -0.25) is 0 Å². The molecular formula is C13H18BrNO3S. The van der Waals surface area contributed by atoms with E-state index in [1.165, 1.54) is 0 Å². The van der Waals surface area contributed by atoms with Crippen molar-refractivity contribution in [3.8, 4) is 5.75 Å². The minimum absolute atomic E-state index is 0.310. The van der Waals surface area contributed by atoms with Crippen molar-refractivity contribution in [1.29, 1.82) is 0 Å². The van der Waals surface area contributed by atoms with Crippen LogP contribution < -0.4 is 4.74 Å². The van der Waals surface area contributed by atoms with Crippen molar-refractivity contribution in [3.05, 3.63) is 22.7 Å². The summed E-state index contributed by atoms with van der Waals surface area (Å²) >= 11 is 3.33. The SMILES string of the molecule is CCOc1ccc(S(=O)(=O)N2CC[C@H](C)C2)c(Br)c1. The highest BCUT2D eigenvalue weighted by atomic mass is 79.9. The van der Waals surface area contributed by atoms with Gasteiger partial charge in [0.15, 0.2) is 0 Å². The second-order valence-corrected chi connectivity index (χ2v) is 7.54. The van der Waals surface area contributed by atoms with Gasteiger partial charge >= 0.3 is 0 Å². The van der Waals surface area contributed by atoms with Crippen LogP contribution in [0.25, 0.3) is 0 Å². The van der Waals surface area contributed by atoms with Crippen molar-refractivity contribution in [2.45, 2.75) is 25.2 Å². The highest BCUT2D eigenvalue weighted by Gasteiger charge is 2.31. The Morgan fingerprint density at radius 1 is 1.47 bits per heavy atom. The molecule has 6 heteroatoms. The van der Waals surface area contributed by atoms with Gasteiger partial charge < -0.3 is 4.74 Å². The quantitative estimate of drug-likeness (QED) is 0.841. The Labute approximate surface area is 122 Å². The first-order chi connectivity index (χ1) is 8.95. The molecular weight excluding hydrogens is 330 g/mol. The van der Waals surface area contributed by atoms with E-state index in [4.69, 9.17) is 4.74 Å². The van der Waals surface area contributed by atoms with Gasteiger partial charge in [-0.1, -0.05) is 6.92 Å². The number of hydrogen-bond donors (Lipinski definition) is 0. The Balaban J connectivity index is 2.30. The first-order valence-electron chi connectivity index (χ1n) is 6.37. The van der Waals surface area contributed by atoms with Gasteiger partial charge in [-0.25, -0.2) is 8.42 Å². The second-order valence-electron chi connectivity index (χ2n) is 4.78. The summed E-state index contributed by atoms with van der Waals surface area (Å²) < 4.78 is 32.5. The average molecular weight is 348 g/mol. The highest BCUT2D eigenvalue weighted by molar-refractivity contribution is 9.10. The molecule has 19 heavy (non-hydrogen) atoms. The number of hydrogen-bond acceptors (Lipinski definition) is 3. The number of rotatable bonds is 4. The molecule has 0 spiro atoms. The van der Waals surface area contributed by atoms with Crippen LogP contribution in [-0.2, 0) is 10.0 Å². The summed E-state index contributed by atoms with van der Waals surface area (Å²) in [6.45, 7) is 5.72. The molecule has 0 N–H and O–H groups in total. The minimum Gasteiger partial charge on any atom is -0.494 e. The van der Waals surface area contributed by atoms with Crippen LogP contribution in [0.2, 0.25) is 0 Å². The molecule has 0 aliphatic carbocycles. The number of benzene rings is 1. The lowest BCUT2D eigenvalue weighted by Crippen LogP contribution is -2.28. The van der Waals surface area contributed by atoms with Crippen LogP contribution >= 0.6 is 15.9 Å². The van der Waals surface area contributed by atoms with Gasteiger partial charge in [0.05, 0.1) is 11.5 Å². The molecule has 1 atom stereocenters. The predicted molar refractivity (Wildman–Crippen MR) is 77.9 cm³/mol. The third-order valence-corrected chi connectivity index (χ3v) is 6.06. The molecule has 0 unspecified atom stereocenters. The van der Waals surface area contributed by atoms with E-state index in [2.05, 4.69) is 22.9 Å². The molecule has 0 aromatic heterocycles. The summed E-state index contributed by atoms with van der Waals surface area (Å²) in [6.07, 6.45) is 0.924. The monoisotopic (exact) mass is 347 g/mol. The molecule has 4 nitrogen and oxygen atoms in total. The summed E-state index contributed by atoms with van der Waals surface area (Å²) in [5.74, 6) is 1.10. The molecule has 1 aliphatic heterocycles. The van der Waals surface area contributed by atoms with Crippen molar-refractivity contribution < 1.29 is 13.2 Å². The van der Waals surface area contributed by atoms with Gasteiger partial charge in [0.1, 0.15) is 5.75 Å². The van der Waals surface area contributed by atoms with Gasteiger partial charge in [-0.2, -0.15) is 4.31 Å². The molecule has 1 aliphatic rings. The van der Waals surface area contributed by atoms with E-state index < -0.39 is 10.0 Å². The van der Waals surface area contributed by atoms with E-state index >= 15 is 0 Å². The molecule has 1 saturated heterocycles. The summed E-state index contributed by atoms with van der Waals surface area (Å²) in [6, 6.07) is 5.00. The molecule has 1 heterocycles. The molecule has 106 valence electrons. The fourth-order valence-corrected chi connectivity index (χ4v) is 4.79. The van der Waals surface area contributed by atoms with E-state index in [1.807, 2.05) is 6.92 Å². The summed E-state index contributed by atoms with van der Waals surface area (Å²) in [5, 5.41) is 0. The maximum atomic E-state index is 12.5. The number of ether oxygens (including phenoxy) is 1. The maximum absolute atomic E-state index is 12.5. The Kier molecular flexibility index (Phi) is 4.53. The van der Waals surface area contributed by atoms with Crippen LogP contribution in [0.1, 0.15) is 20.3 Å². The van der Waals surface area contributed by atoms with E-state index in [1.54, 1.807) is 22.5 Å². The van der Waals surface area contributed by atoms with Crippen molar-refractivity contribution in [1.82, 2.24) is 4.31 Å². The Morgan fingerprint density at radius 3 is 2.74 bits per heavy atom. The molecule has 1 aromatic rings. The molecule has 0 radical (unpaired) electrons. The van der Waals surface area contributed by atoms with Crippen molar-refractivity contribution in [2.24, 2.45) is 5.92 Å². The van der Waals surface area contributed by atoms with Crippen LogP contribution in [0, 0.1) is 5.92 Å². The first kappa shape index (κ1) is 14.8. The highest BCUT2D eigenvalue weighted by Crippen LogP contribution is 2.31. The third kappa shape index (κ3) is 3.12. The Bertz CT molecular complexity index is 559. The van der Waals surface area contributed by atoms with E-state index in [9.17, 15) is 8.42 Å². The van der Waals surface area contributed by atoms with Gasteiger partial charge in [0.25, 0.3) is 0 Å². The van der Waals surface area contributed by atoms with Crippen molar-refractivity contribution in [2.75, 3.05) is 19.7 Å². The van der Waals surface area contributed by atoms with Gasteiger partial charge in [-0.05, 0) is 53.4 Å². The largest absolute Gasteiger partial charge is 0.494 e. The first-order valence-corrected chi connectivity index (χ1v) is 8.61. The topological polar surface area (TPSA) is 46.6 Å². The zero-order valence-electron chi connectivity index (χ0n) is 11.1. The second kappa shape index (κ2) is 5.81. The minimum atomic E-state index is -3.40. The number of sulfonamides is 1. The lowest BCUT2D eigenvalue weighted by atomic mass is 10.2. The van der Waals surface area contributed by atoms with Gasteiger partial charge in [-0.15, -0.1) is 0 Å². The van der Waals surface area contributed by atoms with E-state index in [0.717, 1.165) is 6.42 Å². The molecule has 1 fully saturated rings. The fourth-order valence-electron chi connectivity index (χ4n) is 2.20. The van der Waals surface area contributed by atoms with E-state index in [0.29, 0.717) is 40.7 Å². The molecule has 0 amide bonds. The van der Waals surface area contributed by atoms with E-state index in [-0.39, 0.29) is 0 Å². The molecule has 2 rings (SSSR count). The van der Waals surface area contributed by atoms with Crippen LogP contribution in [0.5, 0.6) is 5.75 Å². The van der Waals surface area contributed by atoms with Crippen molar-refractivity contribution in [3.63, 3.8) is 0 Å². The lowest BCUT2D eigenvalue weighted by molar-refractivity contribution is 0.339. The van der Waals surface area contributed by atoms with Gasteiger partial charge in [0, 0.05) is 17.6 Å². The van der Waals surface area contributed by atoms with Gasteiger partial charge in [0.2, 0.25) is 10.0 Å². The number of nitrogens with zero attached hydrogens (tertiary/aromatic N) is 1. The lowest BCUT2D eigenvalue weighted by Gasteiger charge is -2.17. The zero-order chi connectivity index (χ0) is 14.0. The fraction of sp³-hybridized carbons (Fsp3) is 0.538. The Hall–Kier alpha value is -0.590. The molecule has 0 bridgehead atoms. The zero-order valence-corrected chi connectivity index (χ0v) is 13.5. The molecule has 1 aromatic carbocycles. The van der Waals surface area contributed by atoms with Crippen LogP contribution in [0.4, 0.5) is 0 Å². The summed E-state index contributed by atoms with van der Waals surface area (Å²) in [5.41, 5.74) is 0. The summed E-state index contributed by atoms with van der Waals surface area (Å²) in [4.78, 5) is 0.310. The standard InChI is InChI=1S/C13H18BrNO3S/c1-3-18-11-4-5-13(12(14)8-11)19(16,17)15-7-6-10(2)9-15/h4-5,8,10H,3,6-7,9H2,1-2H3/t10-/m0/s1. The van der Waals surface area contributed by atoms with Crippen LogP contribution in [0.15, 0.2) is 27.6 Å².